The minimum atomic E-state index is -0.311. The van der Waals surface area contributed by atoms with Crippen LogP contribution in [0.4, 0.5) is 5.95 Å². The number of hydrogen-bond donors (Lipinski definition) is 2. The van der Waals surface area contributed by atoms with E-state index >= 15 is 0 Å². The topological polar surface area (TPSA) is 98.7 Å². The highest BCUT2D eigenvalue weighted by Crippen LogP contribution is 2.11. The number of hydrogen-bond acceptors (Lipinski definition) is 5. The Hall–Kier alpha value is -2.72. The first-order valence-electron chi connectivity index (χ1n) is 5.95. The van der Waals surface area contributed by atoms with Crippen molar-refractivity contribution in [2.75, 3.05) is 11.9 Å². The smallest absolute Gasteiger partial charge is 0.270 e. The molecular weight excluding hydrogens is 256 g/mol. The van der Waals surface area contributed by atoms with Gasteiger partial charge >= 0.3 is 0 Å². The molecule has 0 fully saturated rings. The summed E-state index contributed by atoms with van der Waals surface area (Å²) in [7, 11) is 1.62. The van der Waals surface area contributed by atoms with Gasteiger partial charge in [0.15, 0.2) is 0 Å². The van der Waals surface area contributed by atoms with E-state index in [1.165, 1.54) is 4.80 Å². The molecule has 0 spiro atoms. The summed E-state index contributed by atoms with van der Waals surface area (Å²) in [6.07, 6.45) is 0. The number of aryl methyl sites for hydroxylation is 2. The lowest BCUT2D eigenvalue weighted by atomic mass is 10.0. The van der Waals surface area contributed by atoms with Crippen LogP contribution < -0.4 is 11.1 Å². The number of aromatic nitrogens is 4. The van der Waals surface area contributed by atoms with E-state index in [1.807, 2.05) is 13.0 Å². The highest BCUT2D eigenvalue weighted by molar-refractivity contribution is 6.03. The van der Waals surface area contributed by atoms with Crippen LogP contribution >= 0.6 is 0 Å². The van der Waals surface area contributed by atoms with Crippen LogP contribution in [0.15, 0.2) is 18.2 Å². The molecule has 1 aromatic heterocycles. The molecule has 1 amide bonds. The number of nitrogens with two attached hydrogens (primary N) is 1. The molecule has 7 nitrogen and oxygen atoms in total. The summed E-state index contributed by atoms with van der Waals surface area (Å²) < 4.78 is 0. The van der Waals surface area contributed by atoms with Crippen molar-refractivity contribution in [3.63, 3.8) is 0 Å². The second-order valence-electron chi connectivity index (χ2n) is 4.09. The molecule has 1 heterocycles. The first kappa shape index (κ1) is 13.7. The van der Waals surface area contributed by atoms with E-state index in [1.54, 1.807) is 19.2 Å². The van der Waals surface area contributed by atoms with Crippen LogP contribution in [0, 0.1) is 18.8 Å². The molecule has 3 N–H and O–H groups in total. The average Bonchev–Trinajstić information content (AvgIpc) is 2.83. The number of nitrogens with zero attached hydrogens (tertiary/aromatic N) is 4. The Morgan fingerprint density at radius 2 is 2.30 bits per heavy atom. The van der Waals surface area contributed by atoms with E-state index in [0.29, 0.717) is 5.56 Å². The number of amides is 1. The first-order valence-corrected chi connectivity index (χ1v) is 5.95. The third kappa shape index (κ3) is 3.18. The van der Waals surface area contributed by atoms with Gasteiger partial charge in [-0.1, -0.05) is 23.0 Å². The van der Waals surface area contributed by atoms with E-state index in [4.69, 9.17) is 5.73 Å². The molecule has 0 aliphatic rings. The Morgan fingerprint density at radius 1 is 1.50 bits per heavy atom. The van der Waals surface area contributed by atoms with Gasteiger partial charge in [0.25, 0.3) is 11.9 Å². The summed E-state index contributed by atoms with van der Waals surface area (Å²) >= 11 is 0. The molecule has 2 rings (SSSR count). The minimum absolute atomic E-state index is 0.160. The molecule has 0 atom stereocenters. The van der Waals surface area contributed by atoms with Crippen LogP contribution in [-0.4, -0.2) is 32.7 Å². The molecule has 0 unspecified atom stereocenters. The molecule has 0 saturated heterocycles. The van der Waals surface area contributed by atoms with Gasteiger partial charge in [0.05, 0.1) is 13.6 Å². The number of benzene rings is 1. The Morgan fingerprint density at radius 3 is 2.95 bits per heavy atom. The van der Waals surface area contributed by atoms with E-state index in [9.17, 15) is 4.79 Å². The maximum atomic E-state index is 12.1. The fourth-order valence-corrected chi connectivity index (χ4v) is 1.55. The molecule has 0 aliphatic heterocycles. The fourth-order valence-electron chi connectivity index (χ4n) is 1.55. The zero-order valence-corrected chi connectivity index (χ0v) is 11.2. The molecule has 7 heteroatoms. The number of anilines is 1. The van der Waals surface area contributed by atoms with Crippen molar-refractivity contribution < 1.29 is 4.79 Å². The van der Waals surface area contributed by atoms with Crippen molar-refractivity contribution in [3.05, 3.63) is 34.9 Å². The normalized spacial score (nSPS) is 9.75. The van der Waals surface area contributed by atoms with Gasteiger partial charge in [0.2, 0.25) is 0 Å². The van der Waals surface area contributed by atoms with Gasteiger partial charge < -0.3 is 5.73 Å². The predicted molar refractivity (Wildman–Crippen MR) is 73.9 cm³/mol. The lowest BCUT2D eigenvalue weighted by molar-refractivity contribution is 0.102. The van der Waals surface area contributed by atoms with Gasteiger partial charge in [0.1, 0.15) is 0 Å². The second-order valence-corrected chi connectivity index (χ2v) is 4.09. The fraction of sp³-hybridized carbons (Fsp3) is 0.231. The second kappa shape index (κ2) is 5.95. The van der Waals surface area contributed by atoms with Crippen LogP contribution in [-0.2, 0) is 7.05 Å². The number of tetrazole rings is 1. The van der Waals surface area contributed by atoms with E-state index in [0.717, 1.165) is 11.1 Å². The van der Waals surface area contributed by atoms with E-state index in [-0.39, 0.29) is 18.4 Å². The van der Waals surface area contributed by atoms with Gasteiger partial charge in [-0.2, -0.15) is 4.80 Å². The standard InChI is InChI=1S/C13H14N6O/c1-9-5-6-11(8-10(9)4-3-7-14)12(20)15-13-16-18-19(2)17-13/h5-6,8H,7,14H2,1-2H3,(H,15,17,20). The number of nitrogens with one attached hydrogen (secondary N) is 1. The third-order valence-electron chi connectivity index (χ3n) is 2.56. The van der Waals surface area contributed by atoms with Gasteiger partial charge in [-0.05, 0) is 29.8 Å². The van der Waals surface area contributed by atoms with Gasteiger partial charge in [-0.15, -0.1) is 5.10 Å². The molecule has 0 saturated carbocycles. The third-order valence-corrected chi connectivity index (χ3v) is 2.56. The SMILES string of the molecule is Cc1ccc(C(=O)Nc2nnn(C)n2)cc1C#CCN. The maximum Gasteiger partial charge on any atom is 0.270 e. The number of carbonyl (C=O) groups is 1. The summed E-state index contributed by atoms with van der Waals surface area (Å²) in [4.78, 5) is 13.3. The maximum absolute atomic E-state index is 12.1. The van der Waals surface area contributed by atoms with Gasteiger partial charge in [0, 0.05) is 11.1 Å². The Labute approximate surface area is 116 Å². The van der Waals surface area contributed by atoms with Gasteiger partial charge in [-0.3, -0.25) is 10.1 Å². The molecular formula is C13H14N6O. The first-order chi connectivity index (χ1) is 9.60. The summed E-state index contributed by atoms with van der Waals surface area (Å²) in [5, 5.41) is 13.8. The van der Waals surface area contributed by atoms with Crippen molar-refractivity contribution in [1.82, 2.24) is 20.2 Å². The van der Waals surface area contributed by atoms with E-state index in [2.05, 4.69) is 32.6 Å². The van der Waals surface area contributed by atoms with Gasteiger partial charge in [-0.25, -0.2) is 0 Å². The zero-order valence-electron chi connectivity index (χ0n) is 11.2. The Kier molecular flexibility index (Phi) is 4.08. The summed E-state index contributed by atoms with van der Waals surface area (Å²) in [5.74, 6) is 5.55. The van der Waals surface area contributed by atoms with E-state index < -0.39 is 0 Å². The highest BCUT2D eigenvalue weighted by Gasteiger charge is 2.10. The summed E-state index contributed by atoms with van der Waals surface area (Å²) in [5.41, 5.74) is 7.59. The lowest BCUT2D eigenvalue weighted by Gasteiger charge is -2.03. The highest BCUT2D eigenvalue weighted by atomic mass is 16.1. The molecule has 0 aliphatic carbocycles. The molecule has 0 bridgehead atoms. The average molecular weight is 270 g/mol. The molecule has 0 radical (unpaired) electrons. The Bertz CT molecular complexity index is 694. The van der Waals surface area contributed by atoms with Crippen LogP contribution in [0.1, 0.15) is 21.5 Å². The van der Waals surface area contributed by atoms with Crippen molar-refractivity contribution in [2.24, 2.45) is 12.8 Å². The minimum Gasteiger partial charge on any atom is -0.320 e. The van der Waals surface area contributed by atoms with Crippen LogP contribution in [0.3, 0.4) is 0 Å². The number of rotatable bonds is 2. The van der Waals surface area contributed by atoms with Crippen molar-refractivity contribution in [3.8, 4) is 11.8 Å². The van der Waals surface area contributed by atoms with Crippen molar-refractivity contribution in [1.29, 1.82) is 0 Å². The quantitative estimate of drug-likeness (QED) is 0.753. The Balaban J connectivity index is 2.22. The number of carbonyl (C=O) groups excluding carboxylic acids is 1. The molecule has 1 aromatic carbocycles. The zero-order chi connectivity index (χ0) is 14.5. The lowest BCUT2D eigenvalue weighted by Crippen LogP contribution is -2.13. The van der Waals surface area contributed by atoms with Crippen molar-refractivity contribution in [2.45, 2.75) is 6.92 Å². The molecule has 102 valence electrons. The van der Waals surface area contributed by atoms with Crippen molar-refractivity contribution >= 4 is 11.9 Å². The summed E-state index contributed by atoms with van der Waals surface area (Å²) in [6, 6.07) is 5.26. The molecule has 2 aromatic rings. The largest absolute Gasteiger partial charge is 0.320 e. The van der Waals surface area contributed by atoms with Crippen LogP contribution in [0.2, 0.25) is 0 Å². The monoisotopic (exact) mass is 270 g/mol. The predicted octanol–water partition coefficient (Wildman–Crippen LogP) is 0.0810. The van der Waals surface area contributed by atoms with Crippen LogP contribution in [0.25, 0.3) is 0 Å². The molecule has 20 heavy (non-hydrogen) atoms. The summed E-state index contributed by atoms with van der Waals surface area (Å²) in [6.45, 7) is 2.20. The van der Waals surface area contributed by atoms with Crippen LogP contribution in [0.5, 0.6) is 0 Å².